The van der Waals surface area contributed by atoms with Crippen LogP contribution in [-0.2, 0) is 0 Å². The molecule has 20 heavy (non-hydrogen) atoms. The monoisotopic (exact) mass is 292 g/mol. The Bertz CT molecular complexity index is 854. The van der Waals surface area contributed by atoms with Gasteiger partial charge in [0.25, 0.3) is 0 Å². The molecule has 3 rings (SSSR count). The number of H-pyrrole nitrogens is 1. The number of ether oxygens (including phenoxy) is 1. The van der Waals surface area contributed by atoms with Crippen molar-refractivity contribution in [3.05, 3.63) is 52.8 Å². The highest BCUT2D eigenvalue weighted by Crippen LogP contribution is 2.24. The van der Waals surface area contributed by atoms with Gasteiger partial charge in [-0.15, -0.1) is 0 Å². The van der Waals surface area contributed by atoms with Crippen molar-refractivity contribution in [2.75, 3.05) is 7.11 Å². The van der Waals surface area contributed by atoms with Gasteiger partial charge in [0, 0.05) is 12.1 Å². The second-order valence-corrected chi connectivity index (χ2v) is 4.63. The van der Waals surface area contributed by atoms with E-state index in [9.17, 15) is 8.78 Å². The van der Waals surface area contributed by atoms with Crippen LogP contribution in [0.2, 0.25) is 0 Å². The lowest BCUT2D eigenvalue weighted by molar-refractivity contribution is 0.386. The van der Waals surface area contributed by atoms with Crippen molar-refractivity contribution in [1.29, 1.82) is 0 Å². The molecule has 0 aliphatic heterocycles. The maximum Gasteiger partial charge on any atom is 0.182 e. The van der Waals surface area contributed by atoms with Crippen LogP contribution in [0.15, 0.2) is 36.4 Å². The summed E-state index contributed by atoms with van der Waals surface area (Å²) in [5.41, 5.74) is 1.75. The van der Waals surface area contributed by atoms with Crippen LogP contribution in [0.3, 0.4) is 0 Å². The van der Waals surface area contributed by atoms with Gasteiger partial charge in [-0.1, -0.05) is 0 Å². The third-order valence-corrected chi connectivity index (χ3v) is 3.32. The largest absolute Gasteiger partial charge is 0.494 e. The summed E-state index contributed by atoms with van der Waals surface area (Å²) in [4.78, 5) is 2.96. The standard InChI is InChI=1S/C14H10F2N2OS/c1-19-13-5-3-9(7-10(13)16)18-12-6-8(15)2-4-11(12)17-14(18)20/h2-7H,1H3,(H,17,20). The van der Waals surface area contributed by atoms with E-state index in [1.165, 1.54) is 31.4 Å². The molecule has 0 aliphatic carbocycles. The van der Waals surface area contributed by atoms with E-state index in [0.29, 0.717) is 21.5 Å². The summed E-state index contributed by atoms with van der Waals surface area (Å²) in [7, 11) is 1.39. The van der Waals surface area contributed by atoms with Crippen LogP contribution in [-0.4, -0.2) is 16.7 Å². The Kier molecular flexibility index (Phi) is 3.02. The van der Waals surface area contributed by atoms with E-state index in [4.69, 9.17) is 17.0 Å². The zero-order chi connectivity index (χ0) is 14.3. The highest BCUT2D eigenvalue weighted by Gasteiger charge is 2.10. The summed E-state index contributed by atoms with van der Waals surface area (Å²) >= 11 is 5.21. The van der Waals surface area contributed by atoms with Gasteiger partial charge in [-0.25, -0.2) is 8.78 Å². The number of halogens is 2. The first-order valence-electron chi connectivity index (χ1n) is 5.84. The Labute approximate surface area is 118 Å². The second-order valence-electron chi connectivity index (χ2n) is 4.25. The fourth-order valence-corrected chi connectivity index (χ4v) is 2.44. The maximum absolute atomic E-state index is 13.8. The van der Waals surface area contributed by atoms with Gasteiger partial charge in [-0.05, 0) is 36.5 Å². The average Bonchev–Trinajstić information content (AvgIpc) is 2.74. The number of rotatable bonds is 2. The van der Waals surface area contributed by atoms with Gasteiger partial charge in [0.15, 0.2) is 16.3 Å². The van der Waals surface area contributed by atoms with Gasteiger partial charge in [-0.3, -0.25) is 4.57 Å². The van der Waals surface area contributed by atoms with Crippen LogP contribution in [0.4, 0.5) is 8.78 Å². The van der Waals surface area contributed by atoms with Gasteiger partial charge in [0.05, 0.1) is 23.8 Å². The van der Waals surface area contributed by atoms with Crippen molar-refractivity contribution in [2.24, 2.45) is 0 Å². The minimum absolute atomic E-state index is 0.145. The SMILES string of the molecule is COc1ccc(-n2c(=S)[nH]c3ccc(F)cc32)cc1F. The number of nitrogens with one attached hydrogen (secondary N) is 1. The number of fused-ring (bicyclic) bond motifs is 1. The van der Waals surface area contributed by atoms with Crippen molar-refractivity contribution < 1.29 is 13.5 Å². The fraction of sp³-hybridized carbons (Fsp3) is 0.0714. The van der Waals surface area contributed by atoms with Crippen molar-refractivity contribution in [1.82, 2.24) is 9.55 Å². The Morgan fingerprint density at radius 1 is 1.15 bits per heavy atom. The van der Waals surface area contributed by atoms with E-state index < -0.39 is 5.82 Å². The van der Waals surface area contributed by atoms with Gasteiger partial charge in [0.1, 0.15) is 5.82 Å². The molecular weight excluding hydrogens is 282 g/mol. The molecule has 0 spiro atoms. The lowest BCUT2D eigenvalue weighted by Gasteiger charge is -2.07. The first-order chi connectivity index (χ1) is 9.60. The molecule has 2 aromatic carbocycles. The zero-order valence-electron chi connectivity index (χ0n) is 10.5. The molecule has 1 aromatic heterocycles. The van der Waals surface area contributed by atoms with E-state index >= 15 is 0 Å². The summed E-state index contributed by atoms with van der Waals surface area (Å²) in [5.74, 6) is -0.738. The Morgan fingerprint density at radius 3 is 2.65 bits per heavy atom. The van der Waals surface area contributed by atoms with Crippen LogP contribution < -0.4 is 4.74 Å². The van der Waals surface area contributed by atoms with Gasteiger partial charge < -0.3 is 9.72 Å². The Balaban J connectivity index is 2.28. The molecule has 6 heteroatoms. The lowest BCUT2D eigenvalue weighted by atomic mass is 10.2. The van der Waals surface area contributed by atoms with Crippen molar-refractivity contribution in [3.8, 4) is 11.4 Å². The molecule has 0 bridgehead atoms. The molecule has 0 aliphatic rings. The number of nitrogens with zero attached hydrogens (tertiary/aromatic N) is 1. The molecule has 0 unspecified atom stereocenters. The molecule has 3 nitrogen and oxygen atoms in total. The number of hydrogen-bond donors (Lipinski definition) is 1. The van der Waals surface area contributed by atoms with Crippen molar-refractivity contribution in [3.63, 3.8) is 0 Å². The van der Waals surface area contributed by atoms with Gasteiger partial charge in [0.2, 0.25) is 0 Å². The van der Waals surface area contributed by atoms with E-state index in [-0.39, 0.29) is 11.6 Å². The first kappa shape index (κ1) is 12.8. The maximum atomic E-state index is 13.8. The summed E-state index contributed by atoms with van der Waals surface area (Å²) < 4.78 is 34.0. The van der Waals surface area contributed by atoms with Crippen LogP contribution in [0.5, 0.6) is 5.75 Å². The van der Waals surface area contributed by atoms with Gasteiger partial charge in [-0.2, -0.15) is 0 Å². The van der Waals surface area contributed by atoms with E-state index in [0.717, 1.165) is 0 Å². The fourth-order valence-electron chi connectivity index (χ4n) is 2.13. The molecule has 102 valence electrons. The van der Waals surface area contributed by atoms with E-state index in [1.54, 1.807) is 16.7 Å². The van der Waals surface area contributed by atoms with Crippen molar-refractivity contribution in [2.45, 2.75) is 0 Å². The molecule has 3 aromatic rings. The zero-order valence-corrected chi connectivity index (χ0v) is 11.3. The number of methoxy groups -OCH3 is 1. The molecule has 0 fully saturated rings. The second kappa shape index (κ2) is 4.72. The number of imidazole rings is 1. The van der Waals surface area contributed by atoms with E-state index in [2.05, 4.69) is 4.98 Å². The Hall–Kier alpha value is -2.21. The van der Waals surface area contributed by atoms with Crippen LogP contribution in [0.25, 0.3) is 16.7 Å². The minimum Gasteiger partial charge on any atom is -0.494 e. The molecule has 0 radical (unpaired) electrons. The molecule has 0 amide bonds. The highest BCUT2D eigenvalue weighted by atomic mass is 32.1. The predicted molar refractivity (Wildman–Crippen MR) is 74.9 cm³/mol. The molecule has 0 saturated heterocycles. The van der Waals surface area contributed by atoms with Gasteiger partial charge >= 0.3 is 0 Å². The highest BCUT2D eigenvalue weighted by molar-refractivity contribution is 7.71. The number of aromatic nitrogens is 2. The number of benzene rings is 2. The Morgan fingerprint density at radius 2 is 1.95 bits per heavy atom. The van der Waals surface area contributed by atoms with Crippen LogP contribution >= 0.6 is 12.2 Å². The summed E-state index contributed by atoms with van der Waals surface area (Å²) in [5, 5.41) is 0. The minimum atomic E-state index is -0.502. The number of aromatic amines is 1. The summed E-state index contributed by atoms with van der Waals surface area (Å²) in [6, 6.07) is 8.75. The molecule has 0 saturated carbocycles. The smallest absolute Gasteiger partial charge is 0.182 e. The lowest BCUT2D eigenvalue weighted by Crippen LogP contribution is -1.96. The molecule has 0 atom stereocenters. The third kappa shape index (κ3) is 1.98. The van der Waals surface area contributed by atoms with Crippen molar-refractivity contribution >= 4 is 23.3 Å². The summed E-state index contributed by atoms with van der Waals surface area (Å²) in [6.07, 6.45) is 0. The normalized spacial score (nSPS) is 10.9. The van der Waals surface area contributed by atoms with E-state index in [1.807, 2.05) is 0 Å². The predicted octanol–water partition coefficient (Wildman–Crippen LogP) is 3.97. The average molecular weight is 292 g/mol. The molecular formula is C14H10F2N2OS. The molecule has 1 heterocycles. The first-order valence-corrected chi connectivity index (χ1v) is 6.25. The van der Waals surface area contributed by atoms with Crippen LogP contribution in [0.1, 0.15) is 0 Å². The number of hydrogen-bond acceptors (Lipinski definition) is 2. The summed E-state index contributed by atoms with van der Waals surface area (Å²) in [6.45, 7) is 0. The topological polar surface area (TPSA) is 29.9 Å². The van der Waals surface area contributed by atoms with Crippen LogP contribution in [0, 0.1) is 16.4 Å². The molecule has 1 N–H and O–H groups in total. The third-order valence-electron chi connectivity index (χ3n) is 3.04. The quantitative estimate of drug-likeness (QED) is 0.724.